The predicted octanol–water partition coefficient (Wildman–Crippen LogP) is 3.81. The molecule has 1 aromatic heterocycles. The summed E-state index contributed by atoms with van der Waals surface area (Å²) in [5.74, 6) is 1.21. The van der Waals surface area contributed by atoms with Crippen molar-refractivity contribution in [3.05, 3.63) is 75.9 Å². The van der Waals surface area contributed by atoms with Crippen molar-refractivity contribution in [3.8, 4) is 5.75 Å². The van der Waals surface area contributed by atoms with Gasteiger partial charge < -0.3 is 14.6 Å². The molecule has 0 saturated carbocycles. The van der Waals surface area contributed by atoms with Crippen molar-refractivity contribution in [3.63, 3.8) is 0 Å². The highest BCUT2D eigenvalue weighted by Gasteiger charge is 2.14. The Bertz CT molecular complexity index is 940. The summed E-state index contributed by atoms with van der Waals surface area (Å²) in [5.41, 5.74) is 5.17. The monoisotopic (exact) mass is 365 g/mol. The molecule has 1 amide bonds. The Morgan fingerprint density at radius 1 is 1.11 bits per heavy atom. The topological polar surface area (TPSA) is 77.2 Å². The number of hydrogen-bond donors (Lipinski definition) is 1. The SMILES string of the molecule is Cc1cc(C)c(CNC(=O)c2ccccc2OCc2noc(C)n2)c(C)c1. The molecule has 0 bridgehead atoms. The van der Waals surface area contributed by atoms with Gasteiger partial charge in [0.15, 0.2) is 6.61 Å². The second-order valence-corrected chi connectivity index (χ2v) is 6.57. The van der Waals surface area contributed by atoms with E-state index < -0.39 is 0 Å². The maximum absolute atomic E-state index is 12.7. The van der Waals surface area contributed by atoms with Crippen LogP contribution < -0.4 is 10.1 Å². The van der Waals surface area contributed by atoms with Crippen molar-refractivity contribution >= 4 is 5.91 Å². The molecule has 0 spiro atoms. The molecule has 1 heterocycles. The van der Waals surface area contributed by atoms with Gasteiger partial charge in [0.2, 0.25) is 11.7 Å². The minimum Gasteiger partial charge on any atom is -0.485 e. The molecule has 2 aromatic carbocycles. The summed E-state index contributed by atoms with van der Waals surface area (Å²) in [6.07, 6.45) is 0. The first-order chi connectivity index (χ1) is 12.9. The number of aryl methyl sites for hydroxylation is 4. The van der Waals surface area contributed by atoms with E-state index in [0.29, 0.717) is 29.6 Å². The first-order valence-electron chi connectivity index (χ1n) is 8.80. The zero-order valence-electron chi connectivity index (χ0n) is 16.0. The minimum atomic E-state index is -0.186. The van der Waals surface area contributed by atoms with Crippen LogP contribution in [0.4, 0.5) is 0 Å². The Hall–Kier alpha value is -3.15. The average Bonchev–Trinajstić information content (AvgIpc) is 3.04. The second-order valence-electron chi connectivity index (χ2n) is 6.57. The van der Waals surface area contributed by atoms with Gasteiger partial charge in [0.05, 0.1) is 5.56 Å². The van der Waals surface area contributed by atoms with E-state index in [9.17, 15) is 4.79 Å². The number of amides is 1. The normalized spacial score (nSPS) is 10.7. The van der Waals surface area contributed by atoms with Gasteiger partial charge in [-0.2, -0.15) is 4.98 Å². The lowest BCUT2D eigenvalue weighted by Gasteiger charge is -2.14. The fourth-order valence-electron chi connectivity index (χ4n) is 3.07. The molecule has 1 N–H and O–H groups in total. The number of benzene rings is 2. The number of carbonyl (C=O) groups excluding carboxylic acids is 1. The number of carbonyl (C=O) groups is 1. The minimum absolute atomic E-state index is 0.137. The summed E-state index contributed by atoms with van der Waals surface area (Å²) in [7, 11) is 0. The van der Waals surface area contributed by atoms with Crippen molar-refractivity contribution < 1.29 is 14.1 Å². The van der Waals surface area contributed by atoms with Crippen LogP contribution >= 0.6 is 0 Å². The zero-order chi connectivity index (χ0) is 19.4. The molecule has 0 radical (unpaired) electrons. The first kappa shape index (κ1) is 18.6. The largest absolute Gasteiger partial charge is 0.485 e. The highest BCUT2D eigenvalue weighted by molar-refractivity contribution is 5.96. The molecule has 3 rings (SSSR count). The molecule has 0 unspecified atom stereocenters. The molecule has 0 fully saturated rings. The van der Waals surface area contributed by atoms with E-state index in [0.717, 1.165) is 5.56 Å². The van der Waals surface area contributed by atoms with Crippen LogP contribution in [0.15, 0.2) is 40.9 Å². The molecule has 27 heavy (non-hydrogen) atoms. The summed E-state index contributed by atoms with van der Waals surface area (Å²) in [4.78, 5) is 16.8. The Balaban J connectivity index is 1.70. The number of nitrogens with one attached hydrogen (secondary N) is 1. The summed E-state index contributed by atoms with van der Waals surface area (Å²) in [6, 6.07) is 11.4. The first-order valence-corrected chi connectivity index (χ1v) is 8.80. The van der Waals surface area contributed by atoms with E-state index in [1.807, 2.05) is 12.1 Å². The maximum Gasteiger partial charge on any atom is 0.255 e. The lowest BCUT2D eigenvalue weighted by Crippen LogP contribution is -2.24. The molecule has 140 valence electrons. The third kappa shape index (κ3) is 4.53. The van der Waals surface area contributed by atoms with Crippen LogP contribution in [-0.4, -0.2) is 16.0 Å². The Morgan fingerprint density at radius 2 is 1.81 bits per heavy atom. The van der Waals surface area contributed by atoms with Gasteiger partial charge in [-0.05, 0) is 49.6 Å². The third-order valence-corrected chi connectivity index (χ3v) is 4.32. The lowest BCUT2D eigenvalue weighted by atomic mass is 10.00. The quantitative estimate of drug-likeness (QED) is 0.719. The van der Waals surface area contributed by atoms with E-state index >= 15 is 0 Å². The molecular formula is C21H23N3O3. The summed E-state index contributed by atoms with van der Waals surface area (Å²) in [5, 5.41) is 6.79. The fourth-order valence-corrected chi connectivity index (χ4v) is 3.07. The van der Waals surface area contributed by atoms with E-state index in [-0.39, 0.29) is 12.5 Å². The van der Waals surface area contributed by atoms with Gasteiger partial charge in [-0.15, -0.1) is 0 Å². The smallest absolute Gasteiger partial charge is 0.255 e. The standard InChI is InChI=1S/C21H23N3O3/c1-13-9-14(2)18(15(3)10-13)11-22-21(25)17-7-5-6-8-19(17)26-12-20-23-16(4)27-24-20/h5-10H,11-12H2,1-4H3,(H,22,25). The second kappa shape index (κ2) is 8.03. The summed E-state index contributed by atoms with van der Waals surface area (Å²) < 4.78 is 10.7. The number of hydrogen-bond acceptors (Lipinski definition) is 5. The van der Waals surface area contributed by atoms with E-state index in [4.69, 9.17) is 9.26 Å². The lowest BCUT2D eigenvalue weighted by molar-refractivity contribution is 0.0946. The van der Waals surface area contributed by atoms with Crippen LogP contribution in [0.2, 0.25) is 0 Å². The van der Waals surface area contributed by atoms with Crippen molar-refractivity contribution in [2.75, 3.05) is 0 Å². The van der Waals surface area contributed by atoms with Crippen molar-refractivity contribution in [1.82, 2.24) is 15.5 Å². The van der Waals surface area contributed by atoms with Gasteiger partial charge in [0, 0.05) is 13.5 Å². The molecule has 6 nitrogen and oxygen atoms in total. The number of para-hydroxylation sites is 1. The van der Waals surface area contributed by atoms with Gasteiger partial charge in [0.25, 0.3) is 5.91 Å². The highest BCUT2D eigenvalue weighted by Crippen LogP contribution is 2.20. The Kier molecular flexibility index (Phi) is 5.54. The van der Waals surface area contributed by atoms with Gasteiger partial charge in [-0.3, -0.25) is 4.79 Å². The number of aromatic nitrogens is 2. The van der Waals surface area contributed by atoms with Gasteiger partial charge >= 0.3 is 0 Å². The van der Waals surface area contributed by atoms with Crippen LogP contribution in [0.25, 0.3) is 0 Å². The van der Waals surface area contributed by atoms with Crippen LogP contribution in [0.3, 0.4) is 0 Å². The van der Waals surface area contributed by atoms with Gasteiger partial charge in [0.1, 0.15) is 5.75 Å². The van der Waals surface area contributed by atoms with E-state index in [2.05, 4.69) is 48.4 Å². The number of rotatable bonds is 6. The fraction of sp³-hybridized carbons (Fsp3) is 0.286. The Labute approximate surface area is 158 Å². The molecule has 3 aromatic rings. The van der Waals surface area contributed by atoms with Crippen LogP contribution in [0.5, 0.6) is 5.75 Å². The van der Waals surface area contributed by atoms with E-state index in [1.54, 1.807) is 19.1 Å². The maximum atomic E-state index is 12.7. The molecule has 0 aliphatic heterocycles. The molecular weight excluding hydrogens is 342 g/mol. The number of ether oxygens (including phenoxy) is 1. The zero-order valence-corrected chi connectivity index (χ0v) is 16.0. The molecule has 0 aliphatic rings. The van der Waals surface area contributed by atoms with Crippen molar-refractivity contribution in [2.45, 2.75) is 40.8 Å². The molecule has 0 aliphatic carbocycles. The van der Waals surface area contributed by atoms with Crippen molar-refractivity contribution in [2.24, 2.45) is 0 Å². The van der Waals surface area contributed by atoms with Crippen LogP contribution in [0.1, 0.15) is 44.3 Å². The molecule has 6 heteroatoms. The van der Waals surface area contributed by atoms with Crippen LogP contribution in [-0.2, 0) is 13.2 Å². The average molecular weight is 365 g/mol. The molecule has 0 atom stereocenters. The third-order valence-electron chi connectivity index (χ3n) is 4.32. The van der Waals surface area contributed by atoms with Crippen LogP contribution in [0, 0.1) is 27.7 Å². The van der Waals surface area contributed by atoms with Gasteiger partial charge in [-0.25, -0.2) is 0 Å². The Morgan fingerprint density at radius 3 is 2.48 bits per heavy atom. The molecule has 0 saturated heterocycles. The van der Waals surface area contributed by atoms with Crippen molar-refractivity contribution in [1.29, 1.82) is 0 Å². The van der Waals surface area contributed by atoms with E-state index in [1.165, 1.54) is 16.7 Å². The summed E-state index contributed by atoms with van der Waals surface area (Å²) >= 11 is 0. The number of nitrogens with zero attached hydrogens (tertiary/aromatic N) is 2. The predicted molar refractivity (Wildman–Crippen MR) is 102 cm³/mol. The summed E-state index contributed by atoms with van der Waals surface area (Å²) in [6.45, 7) is 8.51. The van der Waals surface area contributed by atoms with Gasteiger partial charge in [-0.1, -0.05) is 35.0 Å². The highest BCUT2D eigenvalue weighted by atomic mass is 16.5.